The Bertz CT molecular complexity index is 2060. The van der Waals surface area contributed by atoms with Crippen LogP contribution in [0, 0.1) is 12.3 Å². The third-order valence-electron chi connectivity index (χ3n) is 9.52. The summed E-state index contributed by atoms with van der Waals surface area (Å²) in [5, 5.41) is 10.2. The molecule has 0 aromatic heterocycles. The Morgan fingerprint density at radius 1 is 0.980 bits per heavy atom. The minimum absolute atomic E-state index is 0.0589. The Labute approximate surface area is 287 Å². The van der Waals surface area contributed by atoms with Crippen LogP contribution in [0.5, 0.6) is 11.5 Å². The summed E-state index contributed by atoms with van der Waals surface area (Å²) >= 11 is 0. The largest absolute Gasteiger partial charge is 0.457 e. The van der Waals surface area contributed by atoms with Gasteiger partial charge in [0.05, 0.1) is 4.90 Å². The average molecular weight is 687 g/mol. The van der Waals surface area contributed by atoms with Crippen molar-refractivity contribution in [1.82, 2.24) is 4.72 Å². The number of benzene rings is 4. The van der Waals surface area contributed by atoms with Gasteiger partial charge in [-0.1, -0.05) is 70.4 Å². The number of halogens is 2. The topological polar surface area (TPSA) is 118 Å². The molecule has 2 atom stereocenters. The number of alkyl halides is 2. The van der Waals surface area contributed by atoms with Crippen molar-refractivity contribution in [2.24, 2.45) is 10.7 Å². The maximum absolute atomic E-state index is 14.3. The van der Waals surface area contributed by atoms with Crippen molar-refractivity contribution in [3.63, 3.8) is 0 Å². The van der Waals surface area contributed by atoms with E-state index in [4.69, 9.17) is 15.9 Å². The second-order valence-corrected chi connectivity index (χ2v) is 16.1. The molecule has 0 saturated heterocycles. The minimum Gasteiger partial charge on any atom is -0.457 e. The molecule has 0 bridgehead atoms. The minimum atomic E-state index is -3.67. The summed E-state index contributed by atoms with van der Waals surface area (Å²) in [6.45, 7) is 10.7. The number of hydrogen-bond acceptors (Lipinski definition) is 5. The normalized spacial score (nSPS) is 19.4. The van der Waals surface area contributed by atoms with E-state index in [0.29, 0.717) is 29.2 Å². The number of aryl methyl sites for hydroxylation is 1. The van der Waals surface area contributed by atoms with E-state index in [1.165, 1.54) is 12.1 Å². The number of amidine groups is 2. The fourth-order valence-electron chi connectivity index (χ4n) is 6.88. The molecule has 0 amide bonds. The van der Waals surface area contributed by atoms with Crippen LogP contribution in [0.15, 0.2) is 70.6 Å². The summed E-state index contributed by atoms with van der Waals surface area (Å²) in [4.78, 5) is 4.48. The third kappa shape index (κ3) is 6.99. The zero-order valence-electron chi connectivity index (χ0n) is 28.7. The van der Waals surface area contributed by atoms with Crippen molar-refractivity contribution < 1.29 is 21.9 Å². The number of unbranched alkanes of at least 4 members (excludes halogenated alkanes) is 2. The maximum Gasteiger partial charge on any atom is 0.240 e. The second-order valence-electron chi connectivity index (χ2n) is 14.4. The van der Waals surface area contributed by atoms with Crippen molar-refractivity contribution in [1.29, 1.82) is 5.41 Å². The lowest BCUT2D eigenvalue weighted by Gasteiger charge is -2.24. The van der Waals surface area contributed by atoms with Gasteiger partial charge in [0.15, 0.2) is 5.84 Å². The smallest absolute Gasteiger partial charge is 0.240 e. The van der Waals surface area contributed by atoms with Crippen molar-refractivity contribution in [3.05, 3.63) is 88.5 Å². The van der Waals surface area contributed by atoms with Crippen molar-refractivity contribution in [3.8, 4) is 22.6 Å². The molecule has 7 nitrogen and oxygen atoms in total. The molecule has 1 saturated carbocycles. The van der Waals surface area contributed by atoms with Gasteiger partial charge in [-0.25, -0.2) is 26.9 Å². The maximum atomic E-state index is 14.3. The van der Waals surface area contributed by atoms with E-state index < -0.39 is 22.4 Å². The molecule has 0 spiro atoms. The number of sulfonamides is 1. The lowest BCUT2D eigenvalue weighted by atomic mass is 9.82. The van der Waals surface area contributed by atoms with Crippen molar-refractivity contribution >= 4 is 32.5 Å². The highest BCUT2D eigenvalue weighted by atomic mass is 32.2. The number of aliphatic imine (C=N–C) groups is 1. The number of nitrogens with one attached hydrogen (secondary N) is 2. The number of ether oxygens (including phenoxy) is 1. The number of hydrogen-bond donors (Lipinski definition) is 3. The predicted octanol–water partition coefficient (Wildman–Crippen LogP) is 8.97. The molecular formula is C39H44F2N4O3S. The monoisotopic (exact) mass is 686 g/mol. The Hall–Kier alpha value is -4.15. The van der Waals surface area contributed by atoms with Gasteiger partial charge < -0.3 is 10.5 Å². The molecule has 1 aliphatic carbocycles. The fourth-order valence-corrected chi connectivity index (χ4v) is 7.95. The number of rotatable bonds is 10. The van der Waals surface area contributed by atoms with E-state index in [2.05, 4.69) is 43.5 Å². The molecule has 2 unspecified atom stereocenters. The molecule has 4 aromatic rings. The first-order valence-corrected chi connectivity index (χ1v) is 18.4. The first-order chi connectivity index (χ1) is 23.2. The average Bonchev–Trinajstić information content (AvgIpc) is 3.53. The van der Waals surface area contributed by atoms with E-state index in [9.17, 15) is 17.2 Å². The Kier molecular flexibility index (Phi) is 9.41. The van der Waals surface area contributed by atoms with Gasteiger partial charge in [-0.2, -0.15) is 0 Å². The van der Waals surface area contributed by atoms with Crippen LogP contribution in [0.4, 0.5) is 8.78 Å². The number of nitrogens with two attached hydrogens (primary N) is 1. The number of nitrogens with zero attached hydrogens (tertiary/aromatic N) is 1. The van der Waals surface area contributed by atoms with E-state index in [0.717, 1.165) is 57.9 Å². The van der Waals surface area contributed by atoms with Crippen LogP contribution < -0.4 is 15.2 Å². The SMILES string of the molecule is CCCCCNS(=O)(=O)c1ccc(Oc2cc(C(C)(C)C)cc3cc4c(c(-c5cc(C)cc(C6CC(F)C(F)C6)c5)c23)C(N)=NC4=N)cc1. The first kappa shape index (κ1) is 34.7. The molecule has 2 aliphatic rings. The van der Waals surface area contributed by atoms with Gasteiger partial charge in [-0.05, 0) is 96.0 Å². The Morgan fingerprint density at radius 3 is 2.33 bits per heavy atom. The molecule has 1 heterocycles. The summed E-state index contributed by atoms with van der Waals surface area (Å²) in [7, 11) is -3.67. The lowest BCUT2D eigenvalue weighted by molar-refractivity contribution is 0.199. The van der Waals surface area contributed by atoms with Crippen molar-refractivity contribution in [2.75, 3.05) is 6.54 Å². The fraction of sp³-hybridized carbons (Fsp3) is 0.385. The van der Waals surface area contributed by atoms with Crippen LogP contribution in [0.1, 0.15) is 93.5 Å². The van der Waals surface area contributed by atoms with Gasteiger partial charge in [0.1, 0.15) is 29.7 Å². The molecule has 1 aliphatic heterocycles. The highest BCUT2D eigenvalue weighted by molar-refractivity contribution is 7.89. The van der Waals surface area contributed by atoms with Gasteiger partial charge in [0.25, 0.3) is 0 Å². The molecule has 4 aromatic carbocycles. The molecule has 4 N–H and O–H groups in total. The van der Waals surface area contributed by atoms with E-state index >= 15 is 0 Å². The van der Waals surface area contributed by atoms with Gasteiger partial charge in [0, 0.05) is 28.6 Å². The molecule has 1 fully saturated rings. The first-order valence-electron chi connectivity index (χ1n) is 16.9. The molecule has 258 valence electrons. The molecular weight excluding hydrogens is 643 g/mol. The second kappa shape index (κ2) is 13.3. The van der Waals surface area contributed by atoms with Crippen LogP contribution >= 0.6 is 0 Å². The van der Waals surface area contributed by atoms with Crippen molar-refractivity contribution in [2.45, 2.75) is 95.3 Å². The zero-order chi connectivity index (χ0) is 35.2. The highest BCUT2D eigenvalue weighted by Crippen LogP contribution is 2.46. The quantitative estimate of drug-likeness (QED) is 0.144. The summed E-state index contributed by atoms with van der Waals surface area (Å²) in [5.74, 6) is 0.965. The lowest BCUT2D eigenvalue weighted by Crippen LogP contribution is -2.24. The summed E-state index contributed by atoms with van der Waals surface area (Å²) in [5.41, 5.74) is 11.7. The van der Waals surface area contributed by atoms with Crippen LogP contribution in [0.25, 0.3) is 21.9 Å². The predicted molar refractivity (Wildman–Crippen MR) is 193 cm³/mol. The number of fused-ring (bicyclic) bond motifs is 2. The summed E-state index contributed by atoms with van der Waals surface area (Å²) in [6, 6.07) is 18.3. The molecule has 6 rings (SSSR count). The standard InChI is InChI=1S/C39H44F2N4O3S/c1-6-7-8-13-44-49(46,47)29-11-9-28(10-12-29)48-33-21-27(39(3,4)5)17-26-18-30-36(38(43)45-37(30)42)35(34(26)33)25-15-22(2)14-23(16-25)24-19-31(40)32(41)20-24/h9-12,14-18,21,24,31-32,44H,6-8,13,19-20H2,1-5H3,(H3,42,43,45). The molecule has 49 heavy (non-hydrogen) atoms. The van der Waals surface area contributed by atoms with Gasteiger partial charge in [-0.3, -0.25) is 5.41 Å². The summed E-state index contributed by atoms with van der Waals surface area (Å²) in [6.07, 6.45) is -0.0342. The van der Waals surface area contributed by atoms with E-state index in [1.54, 1.807) is 12.1 Å². The van der Waals surface area contributed by atoms with Gasteiger partial charge in [-0.15, -0.1) is 0 Å². The van der Waals surface area contributed by atoms with Crippen LogP contribution in [0.3, 0.4) is 0 Å². The highest BCUT2D eigenvalue weighted by Gasteiger charge is 2.36. The zero-order valence-corrected chi connectivity index (χ0v) is 29.5. The van der Waals surface area contributed by atoms with Crippen LogP contribution in [0.2, 0.25) is 0 Å². The molecule has 0 radical (unpaired) electrons. The third-order valence-corrected chi connectivity index (χ3v) is 11.0. The Morgan fingerprint density at radius 2 is 1.67 bits per heavy atom. The van der Waals surface area contributed by atoms with E-state index in [1.807, 2.05) is 37.3 Å². The van der Waals surface area contributed by atoms with Gasteiger partial charge in [0.2, 0.25) is 10.0 Å². The van der Waals surface area contributed by atoms with Crippen LogP contribution in [-0.4, -0.2) is 39.0 Å². The Balaban J connectivity index is 1.52. The van der Waals surface area contributed by atoms with E-state index in [-0.39, 0.29) is 40.7 Å². The molecule has 10 heteroatoms. The van der Waals surface area contributed by atoms with Crippen LogP contribution in [-0.2, 0) is 15.4 Å². The van der Waals surface area contributed by atoms with Gasteiger partial charge >= 0.3 is 0 Å². The summed E-state index contributed by atoms with van der Waals surface area (Å²) < 4.78 is 63.8.